The zero-order valence-electron chi connectivity index (χ0n) is 31.6. The lowest BCUT2D eigenvalue weighted by Gasteiger charge is -2.14. The monoisotopic (exact) mass is 764 g/mol. The zero-order valence-corrected chi connectivity index (χ0v) is 31.6. The van der Waals surface area contributed by atoms with Crippen molar-refractivity contribution in [3.8, 4) is 46.7 Å². The molecule has 0 atom stereocenters. The van der Waals surface area contributed by atoms with E-state index in [-0.39, 0.29) is 78.8 Å². The van der Waals surface area contributed by atoms with E-state index in [9.17, 15) is 19.2 Å². The third-order valence-corrected chi connectivity index (χ3v) is 6.90. The van der Waals surface area contributed by atoms with Crippen LogP contribution in [0.2, 0.25) is 0 Å². The van der Waals surface area contributed by atoms with Crippen LogP contribution in [0.15, 0.2) is 103 Å². The first kappa shape index (κ1) is 43.4. The minimum absolute atomic E-state index is 0.0110. The number of carbonyl (C=O) groups excluding carboxylic acids is 4. The largest absolute Gasteiger partial charge is 0.490 e. The molecule has 0 heterocycles. The van der Waals surface area contributed by atoms with E-state index in [0.29, 0.717) is 22.6 Å². The van der Waals surface area contributed by atoms with Gasteiger partial charge in [-0.1, -0.05) is 50.0 Å². The summed E-state index contributed by atoms with van der Waals surface area (Å²) >= 11 is 0. The Kier molecular flexibility index (Phi) is 16.7. The van der Waals surface area contributed by atoms with Crippen LogP contribution < -0.4 is 18.9 Å². The molecule has 0 fully saturated rings. The molecule has 12 heteroatoms. The van der Waals surface area contributed by atoms with Gasteiger partial charge in [0.2, 0.25) is 0 Å². The van der Waals surface area contributed by atoms with E-state index < -0.39 is 35.4 Å². The first-order valence-electron chi connectivity index (χ1n) is 17.0. The van der Waals surface area contributed by atoms with Gasteiger partial charge < -0.3 is 33.2 Å². The van der Waals surface area contributed by atoms with E-state index in [1.165, 1.54) is 19.9 Å². The van der Waals surface area contributed by atoms with Crippen molar-refractivity contribution in [2.45, 2.75) is 27.7 Å². The molecule has 0 amide bonds. The van der Waals surface area contributed by atoms with Crippen LogP contribution in [0.5, 0.6) is 23.0 Å². The summed E-state index contributed by atoms with van der Waals surface area (Å²) in [6.45, 7) is 20.1. The lowest BCUT2D eigenvalue weighted by molar-refractivity contribution is -0.140. The van der Waals surface area contributed by atoms with E-state index >= 15 is 4.39 Å². The maximum absolute atomic E-state index is 16.5. The molecule has 290 valence electrons. The van der Waals surface area contributed by atoms with Crippen molar-refractivity contribution in [2.75, 3.05) is 39.6 Å². The van der Waals surface area contributed by atoms with Gasteiger partial charge in [0.15, 0.2) is 11.6 Å². The van der Waals surface area contributed by atoms with Gasteiger partial charge in [0, 0.05) is 39.5 Å². The molecule has 0 aliphatic rings. The number of esters is 4. The Morgan fingerprint density at radius 3 is 1.34 bits per heavy atom. The Hall–Kier alpha value is -7.05. The third-order valence-electron chi connectivity index (χ3n) is 6.90. The van der Waals surface area contributed by atoms with Crippen molar-refractivity contribution in [1.82, 2.24) is 0 Å². The number of benzene rings is 3. The number of halogens is 1. The first-order valence-corrected chi connectivity index (χ1v) is 17.0. The highest BCUT2D eigenvalue weighted by atomic mass is 19.1. The van der Waals surface area contributed by atoms with Gasteiger partial charge in [-0.15, -0.1) is 0 Å². The van der Waals surface area contributed by atoms with E-state index in [0.717, 1.165) is 0 Å². The predicted molar refractivity (Wildman–Crippen MR) is 205 cm³/mol. The molecule has 56 heavy (non-hydrogen) atoms. The summed E-state index contributed by atoms with van der Waals surface area (Å²) in [6, 6.07) is 14.5. The second-order valence-electron chi connectivity index (χ2n) is 12.0. The Bertz CT molecular complexity index is 2120. The number of carbonyl (C=O) groups is 4. The van der Waals surface area contributed by atoms with Crippen molar-refractivity contribution in [2.24, 2.45) is 0 Å². The molecule has 0 saturated carbocycles. The molecular weight excluding hydrogens is 723 g/mol. The van der Waals surface area contributed by atoms with Gasteiger partial charge in [-0.2, -0.15) is 0 Å². The van der Waals surface area contributed by atoms with Crippen LogP contribution in [-0.2, 0) is 33.4 Å². The lowest BCUT2D eigenvalue weighted by Crippen LogP contribution is -2.14. The highest BCUT2D eigenvalue weighted by Crippen LogP contribution is 2.33. The zero-order chi connectivity index (χ0) is 41.2. The summed E-state index contributed by atoms with van der Waals surface area (Å²) in [6.07, 6.45) is 0. The van der Waals surface area contributed by atoms with E-state index in [2.05, 4.69) is 50.0 Å². The SMILES string of the molecule is C=C(C)C(=O)OCCOc1ccc(C#Cc2cc(OCCOC(=O)C(=C)C)c(C#Cc3ccc(OCCOC(=O)C(=C)C)cc3)c(F)c2OC(=O)C(=C)C)cc1. The van der Waals surface area contributed by atoms with Gasteiger partial charge in [0.25, 0.3) is 0 Å². The van der Waals surface area contributed by atoms with Crippen molar-refractivity contribution < 1.29 is 56.7 Å². The fourth-order valence-electron chi connectivity index (χ4n) is 4.00. The lowest BCUT2D eigenvalue weighted by atomic mass is 10.1. The highest BCUT2D eigenvalue weighted by Gasteiger charge is 2.22. The molecule has 3 aromatic carbocycles. The molecule has 0 aromatic heterocycles. The average molecular weight is 765 g/mol. The standard InChI is InChI=1S/C44H41FO11/c1-28(2)41(46)53-24-21-50-35-16-10-32(11-17-35)9-15-34-27-38(52-23-26-55-43(48)30(5)6)37(39(45)40(34)56-44(49)31(7)8)20-14-33-12-18-36(19-13-33)51-22-25-54-42(47)29(3)4/h10-13,16-19,27H,1,3,5,7,21-26H2,2,4,6,8H3. The molecule has 3 aromatic rings. The van der Waals surface area contributed by atoms with E-state index in [1.807, 2.05) is 0 Å². The second kappa shape index (κ2) is 21.6. The fraction of sp³-hybridized carbons (Fsp3) is 0.227. The molecule has 0 radical (unpaired) electrons. The fourth-order valence-corrected chi connectivity index (χ4v) is 4.00. The van der Waals surface area contributed by atoms with Crippen LogP contribution in [0, 0.1) is 29.5 Å². The molecule has 0 saturated heterocycles. The van der Waals surface area contributed by atoms with Crippen LogP contribution in [0.3, 0.4) is 0 Å². The predicted octanol–water partition coefficient (Wildman–Crippen LogP) is 6.60. The topological polar surface area (TPSA) is 133 Å². The van der Waals surface area contributed by atoms with Crippen molar-refractivity contribution in [1.29, 1.82) is 0 Å². The minimum Gasteiger partial charge on any atom is -0.490 e. The average Bonchev–Trinajstić information content (AvgIpc) is 3.17. The van der Waals surface area contributed by atoms with Gasteiger partial charge in [0.1, 0.15) is 62.5 Å². The van der Waals surface area contributed by atoms with Crippen molar-refractivity contribution in [3.63, 3.8) is 0 Å². The number of ether oxygens (including phenoxy) is 7. The number of rotatable bonds is 17. The maximum atomic E-state index is 16.5. The Morgan fingerprint density at radius 2 is 0.929 bits per heavy atom. The summed E-state index contributed by atoms with van der Waals surface area (Å²) in [5.74, 6) is 8.17. The molecule has 0 bridgehead atoms. The molecule has 0 spiro atoms. The van der Waals surface area contributed by atoms with Gasteiger partial charge in [0.05, 0.1) is 5.56 Å². The minimum atomic E-state index is -1.03. The van der Waals surface area contributed by atoms with Gasteiger partial charge in [-0.3, -0.25) is 0 Å². The molecule has 0 aliphatic heterocycles. The van der Waals surface area contributed by atoms with Crippen molar-refractivity contribution in [3.05, 3.63) is 131 Å². The second-order valence-corrected chi connectivity index (χ2v) is 12.0. The van der Waals surface area contributed by atoms with Crippen LogP contribution in [-0.4, -0.2) is 63.5 Å². The Balaban J connectivity index is 1.94. The smallest absolute Gasteiger partial charge is 0.338 e. The van der Waals surface area contributed by atoms with Gasteiger partial charge >= 0.3 is 23.9 Å². The number of hydrogen-bond acceptors (Lipinski definition) is 11. The van der Waals surface area contributed by atoms with Crippen LogP contribution in [0.25, 0.3) is 0 Å². The summed E-state index contributed by atoms with van der Waals surface area (Å²) in [7, 11) is 0. The van der Waals surface area contributed by atoms with Crippen LogP contribution in [0.1, 0.15) is 49.9 Å². The maximum Gasteiger partial charge on any atom is 0.338 e. The Labute approximate surface area is 325 Å². The van der Waals surface area contributed by atoms with Gasteiger partial charge in [-0.05, 0) is 76.2 Å². The summed E-state index contributed by atoms with van der Waals surface area (Å²) in [5, 5.41) is 0. The number of hydrogen-bond donors (Lipinski definition) is 0. The highest BCUT2D eigenvalue weighted by molar-refractivity contribution is 5.89. The van der Waals surface area contributed by atoms with E-state index in [1.54, 1.807) is 62.4 Å². The summed E-state index contributed by atoms with van der Waals surface area (Å²) in [4.78, 5) is 47.6. The summed E-state index contributed by atoms with van der Waals surface area (Å²) < 4.78 is 54.1. The molecule has 0 aliphatic carbocycles. The third kappa shape index (κ3) is 14.1. The Morgan fingerprint density at radius 1 is 0.536 bits per heavy atom. The van der Waals surface area contributed by atoms with Gasteiger partial charge in [-0.25, -0.2) is 23.6 Å². The molecule has 0 N–H and O–H groups in total. The molecule has 11 nitrogen and oxygen atoms in total. The van der Waals surface area contributed by atoms with Crippen LogP contribution in [0.4, 0.5) is 4.39 Å². The summed E-state index contributed by atoms with van der Waals surface area (Å²) in [5.41, 5.74) is 1.42. The van der Waals surface area contributed by atoms with Crippen molar-refractivity contribution >= 4 is 23.9 Å². The molecule has 3 rings (SSSR count). The molecule has 0 unspecified atom stereocenters. The normalized spacial score (nSPS) is 9.88. The van der Waals surface area contributed by atoms with Crippen LogP contribution >= 0.6 is 0 Å². The quantitative estimate of drug-likeness (QED) is 0.0368. The first-order chi connectivity index (χ1) is 26.7. The van der Waals surface area contributed by atoms with E-state index in [4.69, 9.17) is 33.2 Å². The molecular formula is C44H41FO11.